The van der Waals surface area contributed by atoms with Crippen LogP contribution in [-0.2, 0) is 4.74 Å². The lowest BCUT2D eigenvalue weighted by Crippen LogP contribution is -2.23. The lowest BCUT2D eigenvalue weighted by atomic mass is 9.76. The molecule has 1 N–H and O–H groups in total. The van der Waals surface area contributed by atoms with E-state index in [0.29, 0.717) is 11.8 Å². The highest BCUT2D eigenvalue weighted by Crippen LogP contribution is 2.41. The molecule has 2 aliphatic rings. The summed E-state index contributed by atoms with van der Waals surface area (Å²) < 4.78 is 5.38. The summed E-state index contributed by atoms with van der Waals surface area (Å²) in [5.74, 6) is 1.07. The second kappa shape index (κ2) is 5.41. The van der Waals surface area contributed by atoms with Gasteiger partial charge in [-0.15, -0.1) is 0 Å². The van der Waals surface area contributed by atoms with Crippen LogP contribution in [0, 0.1) is 5.92 Å². The van der Waals surface area contributed by atoms with Crippen molar-refractivity contribution in [2.75, 3.05) is 13.2 Å². The van der Waals surface area contributed by atoms with Crippen LogP contribution in [0.15, 0.2) is 24.3 Å². The maximum atomic E-state index is 10.6. The predicted molar refractivity (Wildman–Crippen MR) is 71.5 cm³/mol. The van der Waals surface area contributed by atoms with Crippen LogP contribution in [0.25, 0.3) is 0 Å². The average molecular weight is 246 g/mol. The van der Waals surface area contributed by atoms with Crippen LogP contribution in [0.4, 0.5) is 0 Å². The van der Waals surface area contributed by atoms with Gasteiger partial charge in [0.25, 0.3) is 0 Å². The van der Waals surface area contributed by atoms with Crippen molar-refractivity contribution in [2.24, 2.45) is 5.92 Å². The van der Waals surface area contributed by atoms with Crippen molar-refractivity contribution >= 4 is 0 Å². The topological polar surface area (TPSA) is 29.5 Å². The Bertz CT molecular complexity index is 392. The molecule has 1 aliphatic carbocycles. The van der Waals surface area contributed by atoms with E-state index in [1.165, 1.54) is 30.4 Å². The summed E-state index contributed by atoms with van der Waals surface area (Å²) in [6.45, 7) is 1.60. The van der Waals surface area contributed by atoms with Crippen LogP contribution in [0.1, 0.15) is 55.3 Å². The Morgan fingerprint density at radius 1 is 1.06 bits per heavy atom. The molecule has 0 spiro atoms. The Hall–Kier alpha value is -0.860. The minimum atomic E-state index is -0.300. The standard InChI is InChI=1S/C16H22O2/c17-16(13-8-10-18-11-9-13)15-7-2-1-6-14(15)12-4-3-5-12/h1-2,6-7,12-13,16-17H,3-5,8-11H2. The fraction of sp³-hybridized carbons (Fsp3) is 0.625. The Labute approximate surface area is 109 Å². The van der Waals surface area contributed by atoms with E-state index in [1.807, 2.05) is 0 Å². The molecular formula is C16H22O2. The molecule has 1 aromatic carbocycles. The maximum Gasteiger partial charge on any atom is 0.0822 e. The molecule has 1 atom stereocenters. The van der Waals surface area contributed by atoms with Gasteiger partial charge in [0.15, 0.2) is 0 Å². The molecule has 2 fully saturated rings. The summed E-state index contributed by atoms with van der Waals surface area (Å²) >= 11 is 0. The van der Waals surface area contributed by atoms with Crippen molar-refractivity contribution in [1.29, 1.82) is 0 Å². The molecule has 98 valence electrons. The van der Waals surface area contributed by atoms with E-state index in [0.717, 1.165) is 26.1 Å². The van der Waals surface area contributed by atoms with Gasteiger partial charge in [-0.25, -0.2) is 0 Å². The van der Waals surface area contributed by atoms with Gasteiger partial charge in [-0.05, 0) is 48.6 Å². The van der Waals surface area contributed by atoms with Crippen LogP contribution in [0.3, 0.4) is 0 Å². The number of hydrogen-bond donors (Lipinski definition) is 1. The van der Waals surface area contributed by atoms with Crippen molar-refractivity contribution in [3.8, 4) is 0 Å². The Kier molecular flexibility index (Phi) is 3.67. The number of ether oxygens (including phenoxy) is 1. The van der Waals surface area contributed by atoms with Crippen molar-refractivity contribution in [2.45, 2.75) is 44.1 Å². The molecule has 0 aromatic heterocycles. The summed E-state index contributed by atoms with van der Waals surface area (Å²) in [6, 6.07) is 8.49. The van der Waals surface area contributed by atoms with E-state index >= 15 is 0 Å². The third kappa shape index (κ3) is 2.32. The van der Waals surface area contributed by atoms with Crippen molar-refractivity contribution < 1.29 is 9.84 Å². The number of benzene rings is 1. The first-order valence-corrected chi connectivity index (χ1v) is 7.21. The van der Waals surface area contributed by atoms with E-state index in [4.69, 9.17) is 4.74 Å². The first-order chi connectivity index (χ1) is 8.86. The molecule has 2 nitrogen and oxygen atoms in total. The minimum Gasteiger partial charge on any atom is -0.388 e. The van der Waals surface area contributed by atoms with Crippen molar-refractivity contribution in [1.82, 2.24) is 0 Å². The zero-order valence-electron chi connectivity index (χ0n) is 10.8. The molecule has 1 aliphatic heterocycles. The molecule has 1 saturated heterocycles. The maximum absolute atomic E-state index is 10.6. The third-order valence-electron chi connectivity index (χ3n) is 4.57. The molecular weight excluding hydrogens is 224 g/mol. The molecule has 2 heteroatoms. The summed E-state index contributed by atoms with van der Waals surface area (Å²) in [7, 11) is 0. The summed E-state index contributed by atoms with van der Waals surface area (Å²) in [4.78, 5) is 0. The monoisotopic (exact) mass is 246 g/mol. The molecule has 0 amide bonds. The van der Waals surface area contributed by atoms with E-state index < -0.39 is 0 Å². The molecule has 18 heavy (non-hydrogen) atoms. The van der Waals surface area contributed by atoms with Gasteiger partial charge in [0, 0.05) is 13.2 Å². The van der Waals surface area contributed by atoms with E-state index in [-0.39, 0.29) is 6.10 Å². The lowest BCUT2D eigenvalue weighted by molar-refractivity contribution is 0.00661. The van der Waals surface area contributed by atoms with Crippen LogP contribution < -0.4 is 0 Å². The SMILES string of the molecule is OC(c1ccccc1C1CCC1)C1CCOCC1. The summed E-state index contributed by atoms with van der Waals surface area (Å²) in [5.41, 5.74) is 2.57. The van der Waals surface area contributed by atoms with Gasteiger partial charge in [0.2, 0.25) is 0 Å². The molecule has 0 radical (unpaired) electrons. The van der Waals surface area contributed by atoms with Gasteiger partial charge < -0.3 is 9.84 Å². The average Bonchev–Trinajstić information content (AvgIpc) is 2.38. The van der Waals surface area contributed by atoms with E-state index in [9.17, 15) is 5.11 Å². The van der Waals surface area contributed by atoms with Crippen molar-refractivity contribution in [3.05, 3.63) is 35.4 Å². The van der Waals surface area contributed by atoms with Crippen LogP contribution >= 0.6 is 0 Å². The first kappa shape index (κ1) is 12.2. The second-order valence-corrected chi connectivity index (χ2v) is 5.65. The zero-order chi connectivity index (χ0) is 12.4. The summed E-state index contributed by atoms with van der Waals surface area (Å²) in [5, 5.41) is 10.6. The minimum absolute atomic E-state index is 0.300. The van der Waals surface area contributed by atoms with Gasteiger partial charge in [-0.2, -0.15) is 0 Å². The van der Waals surface area contributed by atoms with Gasteiger partial charge in [0.05, 0.1) is 6.10 Å². The molecule has 1 aromatic rings. The van der Waals surface area contributed by atoms with Gasteiger partial charge in [0.1, 0.15) is 0 Å². The highest BCUT2D eigenvalue weighted by Gasteiger charge is 2.28. The molecule has 1 heterocycles. The van der Waals surface area contributed by atoms with E-state index in [2.05, 4.69) is 24.3 Å². The Balaban J connectivity index is 1.81. The smallest absolute Gasteiger partial charge is 0.0822 e. The molecule has 0 bridgehead atoms. The lowest BCUT2D eigenvalue weighted by Gasteiger charge is -2.32. The Morgan fingerprint density at radius 3 is 2.44 bits per heavy atom. The van der Waals surface area contributed by atoms with Crippen LogP contribution in [0.5, 0.6) is 0 Å². The Morgan fingerprint density at radius 2 is 1.78 bits per heavy atom. The number of aliphatic hydroxyl groups excluding tert-OH is 1. The summed E-state index contributed by atoms with van der Waals surface area (Å²) in [6.07, 6.45) is 5.59. The van der Waals surface area contributed by atoms with Crippen molar-refractivity contribution in [3.63, 3.8) is 0 Å². The normalized spacial score (nSPS) is 23.6. The molecule has 1 saturated carbocycles. The number of aliphatic hydroxyl groups is 1. The molecule has 1 unspecified atom stereocenters. The van der Waals surface area contributed by atoms with E-state index in [1.54, 1.807) is 0 Å². The largest absolute Gasteiger partial charge is 0.388 e. The fourth-order valence-corrected chi connectivity index (χ4v) is 3.16. The third-order valence-corrected chi connectivity index (χ3v) is 4.57. The molecule has 3 rings (SSSR count). The van der Waals surface area contributed by atoms with Gasteiger partial charge in [-0.1, -0.05) is 30.7 Å². The highest BCUT2D eigenvalue weighted by molar-refractivity contribution is 5.33. The fourth-order valence-electron chi connectivity index (χ4n) is 3.16. The second-order valence-electron chi connectivity index (χ2n) is 5.65. The first-order valence-electron chi connectivity index (χ1n) is 7.21. The van der Waals surface area contributed by atoms with Gasteiger partial charge in [-0.3, -0.25) is 0 Å². The predicted octanol–water partition coefficient (Wildman–Crippen LogP) is 3.41. The van der Waals surface area contributed by atoms with Crippen LogP contribution in [0.2, 0.25) is 0 Å². The quantitative estimate of drug-likeness (QED) is 0.885. The van der Waals surface area contributed by atoms with Gasteiger partial charge >= 0.3 is 0 Å². The number of rotatable bonds is 3. The highest BCUT2D eigenvalue weighted by atomic mass is 16.5. The zero-order valence-corrected chi connectivity index (χ0v) is 10.8. The van der Waals surface area contributed by atoms with Crippen LogP contribution in [-0.4, -0.2) is 18.3 Å². The number of hydrogen-bond acceptors (Lipinski definition) is 2.